The average molecular weight is 250 g/mol. The summed E-state index contributed by atoms with van der Waals surface area (Å²) in [6, 6.07) is 5.90. The molecule has 0 radical (unpaired) electrons. The van der Waals surface area contributed by atoms with E-state index in [0.717, 1.165) is 22.3 Å². The Morgan fingerprint density at radius 2 is 2.21 bits per heavy atom. The molecule has 3 aromatic rings. The van der Waals surface area contributed by atoms with Crippen LogP contribution in [0.25, 0.3) is 16.7 Å². The van der Waals surface area contributed by atoms with Gasteiger partial charge in [-0.15, -0.1) is 0 Å². The molecule has 5 heteroatoms. The fourth-order valence-corrected chi connectivity index (χ4v) is 2.42. The zero-order valence-electron chi connectivity index (χ0n) is 10.00. The molecule has 0 aromatic carbocycles. The predicted octanol–water partition coefficient (Wildman–Crippen LogP) is 1.66. The van der Waals surface area contributed by atoms with Gasteiger partial charge in [-0.1, -0.05) is 0 Å². The van der Waals surface area contributed by atoms with E-state index in [1.54, 1.807) is 12.4 Å². The minimum Gasteiger partial charge on any atom is -0.348 e. The van der Waals surface area contributed by atoms with Gasteiger partial charge in [-0.2, -0.15) is 0 Å². The summed E-state index contributed by atoms with van der Waals surface area (Å²) in [5.41, 5.74) is 2.72. The van der Waals surface area contributed by atoms with Crippen molar-refractivity contribution in [1.29, 1.82) is 0 Å². The van der Waals surface area contributed by atoms with Gasteiger partial charge < -0.3 is 9.88 Å². The van der Waals surface area contributed by atoms with Gasteiger partial charge in [-0.25, -0.2) is 4.98 Å². The highest BCUT2D eigenvalue weighted by atomic mass is 16.1. The summed E-state index contributed by atoms with van der Waals surface area (Å²) in [5.74, 6) is 0.770. The molecule has 19 heavy (non-hydrogen) atoms. The van der Waals surface area contributed by atoms with Crippen molar-refractivity contribution in [2.75, 3.05) is 0 Å². The monoisotopic (exact) mass is 250 g/mol. The fourth-order valence-electron chi connectivity index (χ4n) is 2.42. The highest BCUT2D eigenvalue weighted by Crippen LogP contribution is 2.21. The van der Waals surface area contributed by atoms with E-state index in [9.17, 15) is 4.79 Å². The number of nitrogens with one attached hydrogen (secondary N) is 1. The summed E-state index contributed by atoms with van der Waals surface area (Å²) in [7, 11) is 0. The molecule has 4 rings (SSSR count). The van der Waals surface area contributed by atoms with Crippen molar-refractivity contribution in [2.24, 2.45) is 0 Å². The molecule has 4 heterocycles. The Balaban J connectivity index is 1.91. The van der Waals surface area contributed by atoms with Gasteiger partial charge in [0.25, 0.3) is 5.91 Å². The van der Waals surface area contributed by atoms with E-state index in [-0.39, 0.29) is 5.91 Å². The fraction of sp³-hybridized carbons (Fsp3) is 0.0714. The molecule has 0 saturated heterocycles. The van der Waals surface area contributed by atoms with Crippen molar-refractivity contribution in [3.05, 3.63) is 54.1 Å². The lowest BCUT2D eigenvalue weighted by molar-refractivity contribution is 0.0965. The number of nitrogens with zero attached hydrogens (tertiary/aromatic N) is 3. The van der Waals surface area contributed by atoms with Crippen molar-refractivity contribution < 1.29 is 4.79 Å². The molecule has 0 spiro atoms. The molecule has 5 nitrogen and oxygen atoms in total. The predicted molar refractivity (Wildman–Crippen MR) is 70.0 cm³/mol. The molecular weight excluding hydrogens is 240 g/mol. The summed E-state index contributed by atoms with van der Waals surface area (Å²) >= 11 is 0. The maximum atomic E-state index is 11.5. The third-order valence-corrected chi connectivity index (χ3v) is 3.40. The zero-order valence-corrected chi connectivity index (χ0v) is 10.00. The van der Waals surface area contributed by atoms with Crippen LogP contribution in [0.3, 0.4) is 0 Å². The lowest BCUT2D eigenvalue weighted by Crippen LogP contribution is -2.12. The van der Waals surface area contributed by atoms with E-state index in [1.807, 2.05) is 35.2 Å². The van der Waals surface area contributed by atoms with Gasteiger partial charge in [0.1, 0.15) is 5.82 Å². The molecule has 0 saturated carbocycles. The van der Waals surface area contributed by atoms with Gasteiger partial charge in [0.2, 0.25) is 0 Å². The molecule has 0 atom stereocenters. The van der Waals surface area contributed by atoms with Crippen LogP contribution in [0.1, 0.15) is 15.9 Å². The number of carbonyl (C=O) groups is 1. The van der Waals surface area contributed by atoms with Crippen LogP contribution in [0.5, 0.6) is 0 Å². The Bertz CT molecular complexity index is 806. The highest BCUT2D eigenvalue weighted by Gasteiger charge is 2.19. The summed E-state index contributed by atoms with van der Waals surface area (Å²) in [5, 5.41) is 3.86. The smallest absolute Gasteiger partial charge is 0.253 e. The molecule has 0 fully saturated rings. The van der Waals surface area contributed by atoms with Crippen LogP contribution in [-0.2, 0) is 6.54 Å². The van der Waals surface area contributed by atoms with Crippen LogP contribution in [-0.4, -0.2) is 20.4 Å². The van der Waals surface area contributed by atoms with Crippen LogP contribution in [0.4, 0.5) is 0 Å². The number of fused-ring (bicyclic) bond motifs is 2. The van der Waals surface area contributed by atoms with E-state index in [2.05, 4.69) is 15.3 Å². The first-order valence-electron chi connectivity index (χ1n) is 6.01. The molecule has 0 bridgehead atoms. The van der Waals surface area contributed by atoms with E-state index >= 15 is 0 Å². The second-order valence-corrected chi connectivity index (χ2v) is 4.50. The maximum Gasteiger partial charge on any atom is 0.253 e. The molecule has 1 amide bonds. The van der Waals surface area contributed by atoms with E-state index < -0.39 is 0 Å². The van der Waals surface area contributed by atoms with Gasteiger partial charge in [0.05, 0.1) is 11.1 Å². The first-order valence-corrected chi connectivity index (χ1v) is 6.01. The lowest BCUT2D eigenvalue weighted by Gasteiger charge is -2.05. The second kappa shape index (κ2) is 3.65. The molecule has 1 aliphatic rings. The van der Waals surface area contributed by atoms with E-state index in [4.69, 9.17) is 0 Å². The van der Waals surface area contributed by atoms with Crippen molar-refractivity contribution in [3.63, 3.8) is 0 Å². The molecule has 1 N–H and O–H groups in total. The van der Waals surface area contributed by atoms with Crippen LogP contribution < -0.4 is 5.32 Å². The number of hydrogen-bond donors (Lipinski definition) is 1. The maximum absolute atomic E-state index is 11.5. The topological polar surface area (TPSA) is 59.8 Å². The normalized spacial score (nSPS) is 13.6. The number of amides is 1. The number of aromatic nitrogens is 3. The SMILES string of the molecule is O=C1NCc2cc(-n3ccc4cnccc43)ncc21. The minimum atomic E-state index is -0.0457. The van der Waals surface area contributed by atoms with Crippen LogP contribution in [0, 0.1) is 0 Å². The van der Waals surface area contributed by atoms with Crippen LogP contribution in [0.15, 0.2) is 43.0 Å². The summed E-state index contributed by atoms with van der Waals surface area (Å²) in [4.78, 5) is 20.0. The highest BCUT2D eigenvalue weighted by molar-refractivity contribution is 5.98. The number of pyridine rings is 2. The Hall–Kier alpha value is -2.69. The first-order chi connectivity index (χ1) is 9.33. The molecule has 0 unspecified atom stereocenters. The van der Waals surface area contributed by atoms with Crippen molar-refractivity contribution in [3.8, 4) is 5.82 Å². The summed E-state index contributed by atoms with van der Waals surface area (Å²) in [6.45, 7) is 0.574. The molecule has 1 aliphatic heterocycles. The number of carbonyl (C=O) groups excluding carboxylic acids is 1. The third-order valence-electron chi connectivity index (χ3n) is 3.40. The average Bonchev–Trinajstić information content (AvgIpc) is 3.03. The summed E-state index contributed by atoms with van der Waals surface area (Å²) in [6.07, 6.45) is 7.19. The number of hydrogen-bond acceptors (Lipinski definition) is 3. The quantitative estimate of drug-likeness (QED) is 0.714. The van der Waals surface area contributed by atoms with Gasteiger partial charge in [0.15, 0.2) is 0 Å². The number of rotatable bonds is 1. The standard InChI is InChI=1S/C14H10N4O/c19-14-11-8-16-13(5-10(11)7-17-14)18-4-2-9-6-15-3-1-12(9)18/h1-6,8H,7H2,(H,17,19). The van der Waals surface area contributed by atoms with Crippen molar-refractivity contribution in [1.82, 2.24) is 19.9 Å². The van der Waals surface area contributed by atoms with Crippen molar-refractivity contribution in [2.45, 2.75) is 6.54 Å². The Labute approximate surface area is 108 Å². The Morgan fingerprint density at radius 3 is 3.16 bits per heavy atom. The first kappa shape index (κ1) is 10.3. The Kier molecular flexibility index (Phi) is 1.97. The van der Waals surface area contributed by atoms with Gasteiger partial charge >= 0.3 is 0 Å². The second-order valence-electron chi connectivity index (χ2n) is 4.50. The van der Waals surface area contributed by atoms with E-state index in [0.29, 0.717) is 12.1 Å². The van der Waals surface area contributed by atoms with Gasteiger partial charge in [0, 0.05) is 36.7 Å². The van der Waals surface area contributed by atoms with Crippen LogP contribution in [0.2, 0.25) is 0 Å². The van der Waals surface area contributed by atoms with E-state index in [1.165, 1.54) is 0 Å². The molecule has 3 aromatic heterocycles. The van der Waals surface area contributed by atoms with Crippen LogP contribution >= 0.6 is 0 Å². The Morgan fingerprint density at radius 1 is 1.26 bits per heavy atom. The molecule has 0 aliphatic carbocycles. The minimum absolute atomic E-state index is 0.0457. The summed E-state index contributed by atoms with van der Waals surface area (Å²) < 4.78 is 2.00. The van der Waals surface area contributed by atoms with Crippen molar-refractivity contribution >= 4 is 16.8 Å². The lowest BCUT2D eigenvalue weighted by atomic mass is 10.2. The van der Waals surface area contributed by atoms with Gasteiger partial charge in [-0.05, 0) is 23.8 Å². The largest absolute Gasteiger partial charge is 0.348 e. The third kappa shape index (κ3) is 1.45. The molecular formula is C14H10N4O. The van der Waals surface area contributed by atoms with Gasteiger partial charge in [-0.3, -0.25) is 9.78 Å². The zero-order chi connectivity index (χ0) is 12.8. The molecule has 92 valence electrons.